The summed E-state index contributed by atoms with van der Waals surface area (Å²) in [6, 6.07) is 0. The van der Waals surface area contributed by atoms with Gasteiger partial charge >= 0.3 is 0 Å². The molecule has 0 amide bonds. The maximum absolute atomic E-state index is 10.9. The summed E-state index contributed by atoms with van der Waals surface area (Å²) in [5, 5.41) is 14.0. The van der Waals surface area contributed by atoms with Gasteiger partial charge in [-0.2, -0.15) is 0 Å². The van der Waals surface area contributed by atoms with Crippen LogP contribution in [0, 0.1) is 36.3 Å². The average molecular weight is 233 g/mol. The van der Waals surface area contributed by atoms with Gasteiger partial charge in [-0.15, -0.1) is 12.3 Å². The van der Waals surface area contributed by atoms with E-state index in [0.29, 0.717) is 36.3 Å². The molecule has 1 aromatic rings. The molecule has 5 heteroatoms. The van der Waals surface area contributed by atoms with Crippen LogP contribution in [0.1, 0.15) is 23.2 Å². The zero-order valence-electron chi connectivity index (χ0n) is 9.99. The molecule has 1 rings (SSSR count). The molecule has 1 heterocycles. The molecule has 0 fully saturated rings. The van der Waals surface area contributed by atoms with Crippen LogP contribution >= 0.6 is 0 Å². The van der Waals surface area contributed by atoms with Gasteiger partial charge in [0.2, 0.25) is 0 Å². The number of nitrogens with one attached hydrogen (secondary N) is 1. The molecule has 0 radical (unpaired) electrons. The van der Waals surface area contributed by atoms with Gasteiger partial charge in [0, 0.05) is 36.8 Å². The molecule has 1 aromatic heterocycles. The Morgan fingerprint density at radius 3 is 2.88 bits per heavy atom. The van der Waals surface area contributed by atoms with E-state index >= 15 is 0 Å². The summed E-state index contributed by atoms with van der Waals surface area (Å²) < 4.78 is 0. The first-order valence-corrected chi connectivity index (χ1v) is 5.31. The second-order valence-electron chi connectivity index (χ2n) is 3.75. The van der Waals surface area contributed by atoms with Gasteiger partial charge < -0.3 is 5.32 Å². The quantitative estimate of drug-likeness (QED) is 0.364. The Balaban J connectivity index is 2.84. The lowest BCUT2D eigenvalue weighted by atomic mass is 10.1. The third kappa shape index (κ3) is 3.26. The van der Waals surface area contributed by atoms with Gasteiger partial charge in [0.1, 0.15) is 0 Å². The first kappa shape index (κ1) is 13.1. The summed E-state index contributed by atoms with van der Waals surface area (Å²) in [5.41, 5.74) is 2.04. The fraction of sp³-hybridized carbons (Fsp3) is 0.417. The lowest BCUT2D eigenvalue weighted by molar-refractivity contribution is -0.386. The van der Waals surface area contributed by atoms with Crippen LogP contribution in [0.25, 0.3) is 0 Å². The van der Waals surface area contributed by atoms with Gasteiger partial charge in [-0.3, -0.25) is 15.1 Å². The van der Waals surface area contributed by atoms with E-state index in [2.05, 4.69) is 16.2 Å². The third-order valence-corrected chi connectivity index (χ3v) is 2.50. The first-order valence-electron chi connectivity index (χ1n) is 5.31. The fourth-order valence-corrected chi connectivity index (χ4v) is 1.59. The molecule has 0 saturated carbocycles. The standard InChI is InChI=1S/C12H15N3O2/c1-4-5-6-13-8-11-10(3)12(15(16)17)9(2)7-14-11/h1,7,13H,5-6,8H2,2-3H3. The Morgan fingerprint density at radius 1 is 1.59 bits per heavy atom. The lowest BCUT2D eigenvalue weighted by Crippen LogP contribution is -2.16. The molecule has 0 saturated heterocycles. The van der Waals surface area contributed by atoms with Crippen molar-refractivity contribution < 1.29 is 4.92 Å². The van der Waals surface area contributed by atoms with Crippen LogP contribution in [-0.4, -0.2) is 16.5 Å². The van der Waals surface area contributed by atoms with Crippen LogP contribution in [0.3, 0.4) is 0 Å². The normalized spacial score (nSPS) is 9.94. The first-order chi connectivity index (χ1) is 8.07. The lowest BCUT2D eigenvalue weighted by Gasteiger charge is -2.07. The summed E-state index contributed by atoms with van der Waals surface area (Å²) in [7, 11) is 0. The van der Waals surface area contributed by atoms with Gasteiger partial charge in [0.15, 0.2) is 0 Å². The Bertz CT molecular complexity index is 464. The van der Waals surface area contributed by atoms with Crippen molar-refractivity contribution >= 4 is 5.69 Å². The van der Waals surface area contributed by atoms with Crippen molar-refractivity contribution in [3.05, 3.63) is 33.1 Å². The summed E-state index contributed by atoms with van der Waals surface area (Å²) in [4.78, 5) is 14.7. The maximum Gasteiger partial charge on any atom is 0.278 e. The molecule has 0 atom stereocenters. The molecule has 0 bridgehead atoms. The summed E-state index contributed by atoms with van der Waals surface area (Å²) in [6.45, 7) is 4.58. The average Bonchev–Trinajstić information content (AvgIpc) is 2.26. The van der Waals surface area contributed by atoms with E-state index in [1.807, 2.05) is 0 Å². The molecule has 1 N–H and O–H groups in total. The van der Waals surface area contributed by atoms with Crippen molar-refractivity contribution in [3.63, 3.8) is 0 Å². The highest BCUT2D eigenvalue weighted by Gasteiger charge is 2.18. The minimum absolute atomic E-state index is 0.147. The number of rotatable bonds is 5. The van der Waals surface area contributed by atoms with E-state index < -0.39 is 0 Å². The maximum atomic E-state index is 10.9. The van der Waals surface area contributed by atoms with E-state index in [4.69, 9.17) is 6.42 Å². The highest BCUT2D eigenvalue weighted by atomic mass is 16.6. The molecule has 5 nitrogen and oxygen atoms in total. The van der Waals surface area contributed by atoms with Crippen molar-refractivity contribution in [2.24, 2.45) is 0 Å². The number of hydrogen-bond acceptors (Lipinski definition) is 4. The monoisotopic (exact) mass is 233 g/mol. The Labute approximate surface area is 100 Å². The molecule has 17 heavy (non-hydrogen) atoms. The number of pyridine rings is 1. The highest BCUT2D eigenvalue weighted by Crippen LogP contribution is 2.23. The highest BCUT2D eigenvalue weighted by molar-refractivity contribution is 5.47. The van der Waals surface area contributed by atoms with Crippen LogP contribution in [0.2, 0.25) is 0 Å². The van der Waals surface area contributed by atoms with Crippen LogP contribution < -0.4 is 5.32 Å². The smallest absolute Gasteiger partial charge is 0.278 e. The number of hydrogen-bond donors (Lipinski definition) is 1. The predicted molar refractivity (Wildman–Crippen MR) is 65.5 cm³/mol. The molecule has 90 valence electrons. The van der Waals surface area contributed by atoms with Crippen molar-refractivity contribution in [3.8, 4) is 12.3 Å². The Hall–Kier alpha value is -1.93. The van der Waals surface area contributed by atoms with E-state index in [0.717, 1.165) is 0 Å². The van der Waals surface area contributed by atoms with Crippen molar-refractivity contribution in [2.75, 3.05) is 6.54 Å². The number of nitrogens with zero attached hydrogens (tertiary/aromatic N) is 2. The molecule has 0 aliphatic rings. The second-order valence-corrected chi connectivity index (χ2v) is 3.75. The van der Waals surface area contributed by atoms with Gasteiger partial charge in [0.05, 0.1) is 10.6 Å². The van der Waals surface area contributed by atoms with Crippen molar-refractivity contribution in [2.45, 2.75) is 26.8 Å². The van der Waals surface area contributed by atoms with Gasteiger partial charge in [-0.1, -0.05) is 0 Å². The fourth-order valence-electron chi connectivity index (χ4n) is 1.59. The molecular formula is C12H15N3O2. The van der Waals surface area contributed by atoms with E-state index in [9.17, 15) is 10.1 Å². The number of nitro groups is 1. The van der Waals surface area contributed by atoms with Crippen molar-refractivity contribution in [1.82, 2.24) is 10.3 Å². The second kappa shape index (κ2) is 5.97. The minimum atomic E-state index is -0.364. The van der Waals surface area contributed by atoms with Gasteiger partial charge in [0.25, 0.3) is 5.69 Å². The number of aromatic nitrogens is 1. The van der Waals surface area contributed by atoms with Crippen LogP contribution in [0.4, 0.5) is 5.69 Å². The van der Waals surface area contributed by atoms with Crippen LogP contribution in [0.5, 0.6) is 0 Å². The number of terminal acetylenes is 1. The van der Waals surface area contributed by atoms with E-state index in [-0.39, 0.29) is 10.6 Å². The van der Waals surface area contributed by atoms with Crippen LogP contribution in [0.15, 0.2) is 6.20 Å². The summed E-state index contributed by atoms with van der Waals surface area (Å²) in [6.07, 6.45) is 7.29. The Morgan fingerprint density at radius 2 is 2.29 bits per heavy atom. The van der Waals surface area contributed by atoms with Crippen molar-refractivity contribution in [1.29, 1.82) is 0 Å². The zero-order valence-corrected chi connectivity index (χ0v) is 9.99. The summed E-state index contributed by atoms with van der Waals surface area (Å²) in [5.74, 6) is 2.52. The van der Waals surface area contributed by atoms with Gasteiger partial charge in [-0.05, 0) is 13.8 Å². The van der Waals surface area contributed by atoms with Crippen LogP contribution in [-0.2, 0) is 6.54 Å². The molecule has 0 aromatic carbocycles. The Kier molecular flexibility index (Phi) is 4.61. The molecule has 0 unspecified atom stereocenters. The molecule has 0 spiro atoms. The van der Waals surface area contributed by atoms with E-state index in [1.54, 1.807) is 13.8 Å². The molecule has 0 aliphatic heterocycles. The molecular weight excluding hydrogens is 218 g/mol. The number of aryl methyl sites for hydroxylation is 1. The zero-order chi connectivity index (χ0) is 12.8. The minimum Gasteiger partial charge on any atom is -0.310 e. The third-order valence-electron chi connectivity index (χ3n) is 2.50. The predicted octanol–water partition coefficient (Wildman–Crippen LogP) is 1.72. The molecule has 0 aliphatic carbocycles. The summed E-state index contributed by atoms with van der Waals surface area (Å²) >= 11 is 0. The van der Waals surface area contributed by atoms with E-state index in [1.165, 1.54) is 6.20 Å². The topological polar surface area (TPSA) is 68.1 Å². The largest absolute Gasteiger partial charge is 0.310 e. The SMILES string of the molecule is C#CCCNCc1ncc(C)c([N+](=O)[O-])c1C. The van der Waals surface area contributed by atoms with Gasteiger partial charge in [-0.25, -0.2) is 0 Å².